The van der Waals surface area contributed by atoms with Crippen LogP contribution in [-0.4, -0.2) is 6.04 Å². The van der Waals surface area contributed by atoms with Crippen LogP contribution in [0, 0.1) is 5.92 Å². The van der Waals surface area contributed by atoms with E-state index in [4.69, 9.17) is 0 Å². The molecule has 1 atom stereocenters. The smallest absolute Gasteiger partial charge is 0.0425 e. The Morgan fingerprint density at radius 3 is 1.97 bits per heavy atom. The van der Waals surface area contributed by atoms with E-state index in [2.05, 4.69) is 124 Å². The second-order valence-electron chi connectivity index (χ2n) is 9.26. The maximum absolute atomic E-state index is 3.64. The summed E-state index contributed by atoms with van der Waals surface area (Å²) in [5.41, 5.74) is 5.95. The van der Waals surface area contributed by atoms with Crippen molar-refractivity contribution in [1.82, 2.24) is 0 Å². The summed E-state index contributed by atoms with van der Waals surface area (Å²) >= 11 is 0. The summed E-state index contributed by atoms with van der Waals surface area (Å²) in [7, 11) is 0. The van der Waals surface area contributed by atoms with Crippen molar-refractivity contribution in [2.24, 2.45) is 5.92 Å². The van der Waals surface area contributed by atoms with Crippen molar-refractivity contribution < 1.29 is 0 Å². The Morgan fingerprint density at radius 2 is 1.30 bits per heavy atom. The molecule has 3 aromatic rings. The Balaban J connectivity index is 1.73. The van der Waals surface area contributed by atoms with Gasteiger partial charge in [0, 0.05) is 28.5 Å². The lowest BCUT2D eigenvalue weighted by Gasteiger charge is -2.29. The molecule has 2 nitrogen and oxygen atoms in total. The summed E-state index contributed by atoms with van der Waals surface area (Å²) < 4.78 is 0. The predicted octanol–water partition coefficient (Wildman–Crippen LogP) is 7.99. The first kappa shape index (κ1) is 22.0. The zero-order valence-corrected chi connectivity index (χ0v) is 19.1. The molecule has 2 N–H and O–H groups in total. The number of para-hydroxylation sites is 1. The normalized spacial score (nSPS) is 12.6. The first-order chi connectivity index (χ1) is 14.4. The maximum Gasteiger partial charge on any atom is 0.0425 e. The number of hydrogen-bond acceptors (Lipinski definition) is 2. The van der Waals surface area contributed by atoms with Crippen LogP contribution in [0.4, 0.5) is 17.1 Å². The first-order valence-electron chi connectivity index (χ1n) is 11.1. The van der Waals surface area contributed by atoms with E-state index in [-0.39, 0.29) is 5.41 Å². The molecule has 30 heavy (non-hydrogen) atoms. The third-order valence-corrected chi connectivity index (χ3v) is 5.85. The molecule has 0 aliphatic carbocycles. The zero-order chi connectivity index (χ0) is 21.6. The van der Waals surface area contributed by atoms with Crippen LogP contribution in [0.2, 0.25) is 0 Å². The molecule has 0 bridgehead atoms. The maximum atomic E-state index is 3.64. The second-order valence-corrected chi connectivity index (χ2v) is 9.26. The molecular formula is C28H36N2. The molecule has 0 aliphatic heterocycles. The number of hydrogen-bond donors (Lipinski definition) is 2. The van der Waals surface area contributed by atoms with Gasteiger partial charge in [0.1, 0.15) is 0 Å². The minimum absolute atomic E-state index is 0.0851. The summed E-state index contributed by atoms with van der Waals surface area (Å²) in [6.07, 6.45) is 2.45. The summed E-state index contributed by atoms with van der Waals surface area (Å²) in [5.74, 6) is 0.751. The molecule has 0 saturated heterocycles. The van der Waals surface area contributed by atoms with Crippen molar-refractivity contribution in [3.05, 3.63) is 90.0 Å². The van der Waals surface area contributed by atoms with Gasteiger partial charge in [0.05, 0.1) is 0 Å². The Bertz CT molecular complexity index is 911. The third kappa shape index (κ3) is 5.66. The van der Waals surface area contributed by atoms with E-state index in [1.807, 2.05) is 0 Å². The highest BCUT2D eigenvalue weighted by atomic mass is 14.9. The molecule has 3 aromatic carbocycles. The largest absolute Gasteiger partial charge is 0.383 e. The summed E-state index contributed by atoms with van der Waals surface area (Å²) in [6.45, 7) is 11.4. The van der Waals surface area contributed by atoms with Gasteiger partial charge in [0.15, 0.2) is 0 Å². The average Bonchev–Trinajstić information content (AvgIpc) is 2.74. The van der Waals surface area contributed by atoms with E-state index < -0.39 is 0 Å². The molecular weight excluding hydrogens is 364 g/mol. The van der Waals surface area contributed by atoms with Crippen molar-refractivity contribution in [2.45, 2.75) is 58.9 Å². The molecule has 0 aromatic heterocycles. The van der Waals surface area contributed by atoms with E-state index in [1.54, 1.807) is 0 Å². The van der Waals surface area contributed by atoms with Crippen molar-refractivity contribution in [2.75, 3.05) is 10.6 Å². The van der Waals surface area contributed by atoms with E-state index in [1.165, 1.54) is 29.7 Å². The summed E-state index contributed by atoms with van der Waals surface area (Å²) in [5, 5.41) is 7.26. The van der Waals surface area contributed by atoms with Crippen molar-refractivity contribution in [1.29, 1.82) is 0 Å². The van der Waals surface area contributed by atoms with Gasteiger partial charge >= 0.3 is 0 Å². The Labute approximate surface area is 182 Å². The Kier molecular flexibility index (Phi) is 7.20. The molecule has 3 rings (SSSR count). The standard InChI is InChI=1S/C28H36N2/c1-21(2)15-16-22(3)29-24-17-19-25(20-18-24)30-27-14-10-9-13-26(27)28(4,5)23-11-7-6-8-12-23/h6-14,17-22,29-30H,15-16H2,1-5H3. The predicted molar refractivity (Wildman–Crippen MR) is 132 cm³/mol. The SMILES string of the molecule is CC(C)CCC(C)Nc1ccc(Nc2ccccc2C(C)(C)c2ccccc2)cc1. The molecule has 0 spiro atoms. The fourth-order valence-corrected chi connectivity index (χ4v) is 3.89. The fourth-order valence-electron chi connectivity index (χ4n) is 3.89. The van der Waals surface area contributed by atoms with Crippen LogP contribution in [-0.2, 0) is 5.41 Å². The van der Waals surface area contributed by atoms with Crippen molar-refractivity contribution >= 4 is 17.1 Å². The highest BCUT2D eigenvalue weighted by molar-refractivity contribution is 5.67. The monoisotopic (exact) mass is 400 g/mol. The van der Waals surface area contributed by atoms with Gasteiger partial charge in [-0.05, 0) is 67.1 Å². The number of nitrogens with one attached hydrogen (secondary N) is 2. The molecule has 0 aliphatic rings. The van der Waals surface area contributed by atoms with Gasteiger partial charge in [0.25, 0.3) is 0 Å². The van der Waals surface area contributed by atoms with Gasteiger partial charge in [0.2, 0.25) is 0 Å². The Morgan fingerprint density at radius 1 is 0.700 bits per heavy atom. The van der Waals surface area contributed by atoms with Gasteiger partial charge < -0.3 is 10.6 Å². The molecule has 0 heterocycles. The quantitative estimate of drug-likeness (QED) is 0.380. The van der Waals surface area contributed by atoms with Crippen LogP contribution in [0.5, 0.6) is 0 Å². The molecule has 158 valence electrons. The zero-order valence-electron chi connectivity index (χ0n) is 19.1. The lowest BCUT2D eigenvalue weighted by molar-refractivity contribution is 0.528. The van der Waals surface area contributed by atoms with Gasteiger partial charge in [-0.3, -0.25) is 0 Å². The lowest BCUT2D eigenvalue weighted by atomic mass is 9.77. The number of rotatable bonds is 9. The molecule has 1 unspecified atom stereocenters. The summed E-state index contributed by atoms with van der Waals surface area (Å²) in [4.78, 5) is 0. The van der Waals surface area contributed by atoms with E-state index in [9.17, 15) is 0 Å². The first-order valence-corrected chi connectivity index (χ1v) is 11.1. The highest BCUT2D eigenvalue weighted by Gasteiger charge is 2.25. The average molecular weight is 401 g/mol. The fraction of sp³-hybridized carbons (Fsp3) is 0.357. The second kappa shape index (κ2) is 9.84. The minimum atomic E-state index is -0.0851. The van der Waals surface area contributed by atoms with Gasteiger partial charge in [-0.2, -0.15) is 0 Å². The minimum Gasteiger partial charge on any atom is -0.383 e. The van der Waals surface area contributed by atoms with Crippen LogP contribution >= 0.6 is 0 Å². The van der Waals surface area contributed by atoms with Gasteiger partial charge in [-0.15, -0.1) is 0 Å². The van der Waals surface area contributed by atoms with E-state index in [0.29, 0.717) is 6.04 Å². The summed E-state index contributed by atoms with van der Waals surface area (Å²) in [6, 6.07) is 28.4. The third-order valence-electron chi connectivity index (χ3n) is 5.85. The molecule has 0 saturated carbocycles. The molecule has 0 fully saturated rings. The molecule has 0 amide bonds. The van der Waals surface area contributed by atoms with E-state index in [0.717, 1.165) is 17.3 Å². The highest BCUT2D eigenvalue weighted by Crippen LogP contribution is 2.37. The number of benzene rings is 3. The Hall–Kier alpha value is -2.74. The van der Waals surface area contributed by atoms with Crippen LogP contribution in [0.25, 0.3) is 0 Å². The van der Waals surface area contributed by atoms with Crippen LogP contribution in [0.3, 0.4) is 0 Å². The molecule has 2 heteroatoms. The van der Waals surface area contributed by atoms with Gasteiger partial charge in [-0.1, -0.05) is 76.2 Å². The topological polar surface area (TPSA) is 24.1 Å². The lowest BCUT2D eigenvalue weighted by Crippen LogP contribution is -2.20. The van der Waals surface area contributed by atoms with Crippen molar-refractivity contribution in [3.8, 4) is 0 Å². The van der Waals surface area contributed by atoms with Crippen LogP contribution in [0.15, 0.2) is 78.9 Å². The van der Waals surface area contributed by atoms with Crippen molar-refractivity contribution in [3.63, 3.8) is 0 Å². The van der Waals surface area contributed by atoms with Crippen LogP contribution in [0.1, 0.15) is 58.6 Å². The van der Waals surface area contributed by atoms with Gasteiger partial charge in [-0.25, -0.2) is 0 Å². The van der Waals surface area contributed by atoms with E-state index >= 15 is 0 Å². The van der Waals surface area contributed by atoms with Crippen LogP contribution < -0.4 is 10.6 Å². The molecule has 0 radical (unpaired) electrons. The number of anilines is 3.